The highest BCUT2D eigenvalue weighted by atomic mass is 19.1. The molecule has 0 bridgehead atoms. The lowest BCUT2D eigenvalue weighted by molar-refractivity contribution is -0.122. The van der Waals surface area contributed by atoms with Gasteiger partial charge in [-0.15, -0.1) is 0 Å². The van der Waals surface area contributed by atoms with Gasteiger partial charge < -0.3 is 10.2 Å². The maximum atomic E-state index is 13.8. The largest absolute Gasteiger partial charge is 0.348 e. The lowest BCUT2D eigenvalue weighted by Gasteiger charge is -2.20. The molecule has 33 heavy (non-hydrogen) atoms. The molecule has 0 saturated heterocycles. The highest BCUT2D eigenvalue weighted by Crippen LogP contribution is 2.41. The number of hydrogen-bond donors (Lipinski definition) is 1. The number of pyridine rings is 1. The first kappa shape index (κ1) is 22.4. The molecular weight excluding hydrogens is 438 g/mol. The molecule has 2 amide bonds. The van der Waals surface area contributed by atoms with Gasteiger partial charge >= 0.3 is 0 Å². The first-order valence-electron chi connectivity index (χ1n) is 10.1. The molecule has 2 heterocycles. The number of carbonyl (C=O) groups excluding carboxylic acids is 2. The van der Waals surface area contributed by atoms with Gasteiger partial charge in [0.1, 0.15) is 23.3 Å². The van der Waals surface area contributed by atoms with E-state index in [2.05, 4.69) is 10.3 Å². The Morgan fingerprint density at radius 2 is 1.70 bits per heavy atom. The summed E-state index contributed by atoms with van der Waals surface area (Å²) in [5.41, 5.74) is 0.210. The number of anilines is 1. The molecule has 1 aromatic heterocycles. The minimum absolute atomic E-state index is 0.102. The molecule has 1 aliphatic rings. The van der Waals surface area contributed by atoms with E-state index in [1.165, 1.54) is 23.2 Å². The minimum Gasteiger partial charge on any atom is -0.348 e. The predicted molar refractivity (Wildman–Crippen MR) is 112 cm³/mol. The zero-order valence-electron chi connectivity index (χ0n) is 17.8. The standard InChI is InChI=1S/C24H19F4N3O2/c1-24(2)21-20(31(23(24)33)12-13-5-17(26)8-18(27)6-13)7-15(11-29-21)22(32)30-10-14-3-4-16(25)9-19(14)28/h3-9,11H,10,12H2,1-2H3,(H,30,32). The average Bonchev–Trinajstić information content (AvgIpc) is 2.92. The van der Waals surface area contributed by atoms with Crippen LogP contribution in [0.1, 0.15) is 41.0 Å². The van der Waals surface area contributed by atoms with Gasteiger partial charge in [0.2, 0.25) is 5.91 Å². The third-order valence-electron chi connectivity index (χ3n) is 5.51. The zero-order valence-corrected chi connectivity index (χ0v) is 17.8. The summed E-state index contributed by atoms with van der Waals surface area (Å²) < 4.78 is 54.2. The second-order valence-electron chi connectivity index (χ2n) is 8.30. The summed E-state index contributed by atoms with van der Waals surface area (Å²) >= 11 is 0. The molecule has 0 radical (unpaired) electrons. The number of halogens is 4. The van der Waals surface area contributed by atoms with Crippen LogP contribution in [0.5, 0.6) is 0 Å². The van der Waals surface area contributed by atoms with Gasteiger partial charge in [0, 0.05) is 30.4 Å². The lowest BCUT2D eigenvalue weighted by atomic mass is 9.90. The van der Waals surface area contributed by atoms with Gasteiger partial charge in [0.25, 0.3) is 5.91 Å². The third kappa shape index (κ3) is 4.30. The Morgan fingerprint density at radius 1 is 1.00 bits per heavy atom. The van der Waals surface area contributed by atoms with Crippen LogP contribution >= 0.6 is 0 Å². The van der Waals surface area contributed by atoms with E-state index in [4.69, 9.17) is 0 Å². The molecule has 4 rings (SSSR count). The first-order chi connectivity index (χ1) is 15.6. The van der Waals surface area contributed by atoms with Gasteiger partial charge in [-0.1, -0.05) is 6.07 Å². The molecule has 0 saturated carbocycles. The zero-order chi connectivity index (χ0) is 23.9. The smallest absolute Gasteiger partial charge is 0.253 e. The predicted octanol–water partition coefficient (Wildman–Crippen LogP) is 4.39. The number of aromatic nitrogens is 1. The van der Waals surface area contributed by atoms with Crippen molar-refractivity contribution in [3.8, 4) is 0 Å². The molecule has 0 unspecified atom stereocenters. The SMILES string of the molecule is CC1(C)C(=O)N(Cc2cc(F)cc(F)c2)c2cc(C(=O)NCc3ccc(F)cc3F)cnc21. The Hall–Kier alpha value is -3.75. The molecular formula is C24H19F4N3O2. The molecule has 1 aliphatic heterocycles. The van der Waals surface area contributed by atoms with Gasteiger partial charge in [-0.05, 0) is 43.7 Å². The second-order valence-corrected chi connectivity index (χ2v) is 8.30. The highest BCUT2D eigenvalue weighted by Gasteiger charge is 2.45. The van der Waals surface area contributed by atoms with E-state index in [1.54, 1.807) is 13.8 Å². The van der Waals surface area contributed by atoms with Crippen molar-refractivity contribution in [1.29, 1.82) is 0 Å². The summed E-state index contributed by atoms with van der Waals surface area (Å²) in [7, 11) is 0. The van der Waals surface area contributed by atoms with Gasteiger partial charge in [-0.2, -0.15) is 0 Å². The van der Waals surface area contributed by atoms with Crippen molar-refractivity contribution < 1.29 is 27.2 Å². The maximum Gasteiger partial charge on any atom is 0.253 e. The van der Waals surface area contributed by atoms with E-state index >= 15 is 0 Å². The van der Waals surface area contributed by atoms with Crippen LogP contribution in [0.25, 0.3) is 0 Å². The number of hydrogen-bond acceptors (Lipinski definition) is 3. The fourth-order valence-electron chi connectivity index (χ4n) is 3.80. The quantitative estimate of drug-likeness (QED) is 0.578. The van der Waals surface area contributed by atoms with Gasteiger partial charge in [-0.3, -0.25) is 14.6 Å². The normalized spacial score (nSPS) is 14.4. The minimum atomic E-state index is -1.01. The van der Waals surface area contributed by atoms with E-state index in [1.807, 2.05) is 0 Å². The van der Waals surface area contributed by atoms with Crippen molar-refractivity contribution in [1.82, 2.24) is 10.3 Å². The molecule has 2 aromatic carbocycles. The number of amides is 2. The topological polar surface area (TPSA) is 62.3 Å². The fourth-order valence-corrected chi connectivity index (χ4v) is 3.80. The van der Waals surface area contributed by atoms with Crippen molar-refractivity contribution in [3.05, 3.63) is 94.3 Å². The van der Waals surface area contributed by atoms with Gasteiger partial charge in [-0.25, -0.2) is 17.6 Å². The highest BCUT2D eigenvalue weighted by molar-refractivity contribution is 6.08. The van der Waals surface area contributed by atoms with Crippen molar-refractivity contribution >= 4 is 17.5 Å². The number of rotatable bonds is 5. The van der Waals surface area contributed by atoms with Gasteiger partial charge in [0.15, 0.2) is 0 Å². The Labute approximate surface area is 187 Å². The summed E-state index contributed by atoms with van der Waals surface area (Å²) in [6.45, 7) is 3.05. The molecule has 0 fully saturated rings. The Morgan fingerprint density at radius 3 is 2.36 bits per heavy atom. The van der Waals surface area contributed by atoms with E-state index < -0.39 is 34.6 Å². The molecule has 1 N–H and O–H groups in total. The Kier molecular flexibility index (Phi) is 5.65. The second kappa shape index (κ2) is 8.31. The maximum absolute atomic E-state index is 13.8. The number of fused-ring (bicyclic) bond motifs is 1. The monoisotopic (exact) mass is 457 g/mol. The summed E-state index contributed by atoms with van der Waals surface area (Å²) in [5, 5.41) is 2.53. The molecule has 0 aliphatic carbocycles. The van der Waals surface area contributed by atoms with Crippen molar-refractivity contribution in [2.45, 2.75) is 32.4 Å². The molecule has 170 valence electrons. The van der Waals surface area contributed by atoms with Crippen molar-refractivity contribution in [2.24, 2.45) is 0 Å². The summed E-state index contributed by atoms with van der Waals surface area (Å²) in [6.07, 6.45) is 1.30. The van der Waals surface area contributed by atoms with Crippen LogP contribution in [0, 0.1) is 23.3 Å². The molecule has 5 nitrogen and oxygen atoms in total. The molecule has 3 aromatic rings. The van der Waals surface area contributed by atoms with Crippen LogP contribution in [0.3, 0.4) is 0 Å². The van der Waals surface area contributed by atoms with Crippen LogP contribution < -0.4 is 10.2 Å². The van der Waals surface area contributed by atoms with E-state index in [0.717, 1.165) is 30.3 Å². The molecule has 0 atom stereocenters. The van der Waals surface area contributed by atoms with Crippen LogP contribution in [-0.2, 0) is 23.3 Å². The Balaban J connectivity index is 1.60. The van der Waals surface area contributed by atoms with E-state index in [0.29, 0.717) is 11.4 Å². The number of nitrogens with one attached hydrogen (secondary N) is 1. The Bertz CT molecular complexity index is 1260. The first-order valence-corrected chi connectivity index (χ1v) is 10.1. The lowest BCUT2D eigenvalue weighted by Crippen LogP contribution is -2.36. The fraction of sp³-hybridized carbons (Fsp3) is 0.208. The van der Waals surface area contributed by atoms with Crippen LogP contribution in [0.2, 0.25) is 0 Å². The van der Waals surface area contributed by atoms with E-state index in [9.17, 15) is 27.2 Å². The molecule has 9 heteroatoms. The average molecular weight is 457 g/mol. The van der Waals surface area contributed by atoms with Crippen LogP contribution in [-0.4, -0.2) is 16.8 Å². The molecule has 0 spiro atoms. The number of carbonyl (C=O) groups is 2. The van der Waals surface area contributed by atoms with Crippen LogP contribution in [0.15, 0.2) is 48.7 Å². The van der Waals surface area contributed by atoms with Crippen molar-refractivity contribution in [3.63, 3.8) is 0 Å². The van der Waals surface area contributed by atoms with E-state index in [-0.39, 0.29) is 35.7 Å². The number of benzene rings is 2. The summed E-state index contributed by atoms with van der Waals surface area (Å²) in [5.74, 6) is -3.96. The van der Waals surface area contributed by atoms with Crippen LogP contribution in [0.4, 0.5) is 23.2 Å². The third-order valence-corrected chi connectivity index (χ3v) is 5.51. The number of nitrogens with zero attached hydrogens (tertiary/aromatic N) is 2. The van der Waals surface area contributed by atoms with Gasteiger partial charge in [0.05, 0.1) is 28.9 Å². The summed E-state index contributed by atoms with van der Waals surface area (Å²) in [6, 6.07) is 7.49. The van der Waals surface area contributed by atoms with Crippen molar-refractivity contribution in [2.75, 3.05) is 4.90 Å². The summed E-state index contributed by atoms with van der Waals surface area (Å²) in [4.78, 5) is 31.3.